The smallest absolute Gasteiger partial charge is 0.448 e. The third-order valence-corrected chi connectivity index (χ3v) is 1.45. The zero-order valence-corrected chi connectivity index (χ0v) is 6.20. The van der Waals surface area contributed by atoms with Crippen LogP contribution in [-0.2, 0) is 19.3 Å². The summed E-state index contributed by atoms with van der Waals surface area (Å²) in [4.78, 5) is 13.0. The Morgan fingerprint density at radius 2 is 2.18 bits per heavy atom. The number of carboxylic acid groups (broad SMARTS) is 1. The van der Waals surface area contributed by atoms with Crippen LogP contribution in [0, 0.1) is 0 Å². The molecule has 0 aliphatic rings. The second-order valence-electron chi connectivity index (χ2n) is 1.43. The van der Waals surface area contributed by atoms with Gasteiger partial charge in [0.1, 0.15) is 0 Å². The highest BCUT2D eigenvalue weighted by Gasteiger charge is 2.12. The van der Waals surface area contributed by atoms with Crippen molar-refractivity contribution in [1.29, 1.82) is 0 Å². The lowest BCUT2D eigenvalue weighted by atomic mass is 10.8. The van der Waals surface area contributed by atoms with Gasteiger partial charge in [-0.3, -0.25) is 0 Å². The molecule has 0 aromatic heterocycles. The molecule has 0 amide bonds. The van der Waals surface area contributed by atoms with Crippen LogP contribution in [0.3, 0.4) is 0 Å². The Morgan fingerprint density at radius 1 is 1.64 bits per heavy atom. The van der Waals surface area contributed by atoms with Gasteiger partial charge in [0.25, 0.3) is 0 Å². The van der Waals surface area contributed by atoms with E-state index in [1.165, 1.54) is 0 Å². The molecule has 0 unspecified atom stereocenters. The van der Waals surface area contributed by atoms with Gasteiger partial charge >= 0.3 is 16.3 Å². The van der Waals surface area contributed by atoms with Crippen LogP contribution in [0.2, 0.25) is 0 Å². The Morgan fingerprint density at radius 3 is 2.55 bits per heavy atom. The van der Waals surface area contributed by atoms with Crippen LogP contribution in [0.4, 0.5) is 4.79 Å². The van der Waals surface area contributed by atoms with Gasteiger partial charge in [0.2, 0.25) is 0 Å². The van der Waals surface area contributed by atoms with Crippen molar-refractivity contribution in [3.05, 3.63) is 12.7 Å². The Kier molecular flexibility index (Phi) is 3.55. The van der Waals surface area contributed by atoms with E-state index in [1.807, 2.05) is 0 Å². The van der Waals surface area contributed by atoms with Crippen LogP contribution >= 0.6 is 0 Å². The predicted molar refractivity (Wildman–Crippen MR) is 34.2 cm³/mol. The molecule has 0 heterocycles. The predicted octanol–water partition coefficient (Wildman–Crippen LogP) is 0.128. The maximum Gasteiger partial charge on any atom is 0.538 e. The molecule has 64 valence electrons. The minimum Gasteiger partial charge on any atom is -0.448 e. The van der Waals surface area contributed by atoms with E-state index in [9.17, 15) is 13.2 Å². The second-order valence-corrected chi connectivity index (χ2v) is 3.02. The van der Waals surface area contributed by atoms with Crippen molar-refractivity contribution >= 4 is 16.3 Å². The molecule has 11 heavy (non-hydrogen) atoms. The van der Waals surface area contributed by atoms with Crippen molar-refractivity contribution in [2.75, 3.05) is 5.75 Å². The largest absolute Gasteiger partial charge is 0.538 e. The number of rotatable bonds is 4. The highest BCUT2D eigenvalue weighted by Crippen LogP contribution is 1.94. The normalized spacial score (nSPS) is 10.5. The Balaban J connectivity index is 3.93. The fraction of sp³-hybridized carbons (Fsp3) is 0.250. The summed E-state index contributed by atoms with van der Waals surface area (Å²) in [6, 6.07) is 0. The van der Waals surface area contributed by atoms with Crippen LogP contribution in [0.1, 0.15) is 0 Å². The fourth-order valence-electron chi connectivity index (χ4n) is 0.253. The standard InChI is InChI=1S/C4H6O6S/c1-2-3-11(7,8)10-9-4(5)6/h2H,1,3H2,(H,5,6). The van der Waals surface area contributed by atoms with Crippen LogP contribution in [0.5, 0.6) is 0 Å². The van der Waals surface area contributed by atoms with Gasteiger partial charge in [-0.15, -0.1) is 6.58 Å². The van der Waals surface area contributed by atoms with E-state index in [0.29, 0.717) is 0 Å². The lowest BCUT2D eigenvalue weighted by Gasteiger charge is -1.96. The monoisotopic (exact) mass is 182 g/mol. The molecule has 0 saturated carbocycles. The SMILES string of the molecule is C=CCS(=O)(=O)OOC(=O)O. The quantitative estimate of drug-likeness (QED) is 0.377. The molecule has 7 heteroatoms. The first-order valence-corrected chi connectivity index (χ1v) is 3.98. The lowest BCUT2D eigenvalue weighted by molar-refractivity contribution is -0.155. The Labute approximate surface area is 63.1 Å². The molecule has 0 aliphatic carbocycles. The van der Waals surface area contributed by atoms with Crippen molar-refractivity contribution in [2.24, 2.45) is 0 Å². The molecule has 0 rings (SSSR count). The summed E-state index contributed by atoms with van der Waals surface area (Å²) in [6.07, 6.45) is -0.779. The average molecular weight is 182 g/mol. The molecule has 0 radical (unpaired) electrons. The van der Waals surface area contributed by atoms with Gasteiger partial charge in [-0.05, 0) is 4.33 Å². The highest BCUT2D eigenvalue weighted by molar-refractivity contribution is 7.86. The summed E-state index contributed by atoms with van der Waals surface area (Å²) in [7, 11) is -3.95. The Hall–Kier alpha value is -1.08. The van der Waals surface area contributed by atoms with E-state index in [-0.39, 0.29) is 0 Å². The van der Waals surface area contributed by atoms with E-state index >= 15 is 0 Å². The molecule has 0 spiro atoms. The van der Waals surface area contributed by atoms with Crippen LogP contribution in [0.25, 0.3) is 0 Å². The van der Waals surface area contributed by atoms with Crippen LogP contribution in [0.15, 0.2) is 12.7 Å². The van der Waals surface area contributed by atoms with Gasteiger partial charge in [0.15, 0.2) is 0 Å². The summed E-state index contributed by atoms with van der Waals surface area (Å²) in [5.41, 5.74) is 0. The maximum absolute atomic E-state index is 10.5. The maximum atomic E-state index is 10.5. The third kappa shape index (κ3) is 5.37. The summed E-state index contributed by atoms with van der Waals surface area (Å²) in [5, 5.41) is 7.81. The zero-order valence-electron chi connectivity index (χ0n) is 5.39. The first-order valence-electron chi connectivity index (χ1n) is 2.40. The van der Waals surface area contributed by atoms with Crippen molar-refractivity contribution in [3.63, 3.8) is 0 Å². The molecule has 0 saturated heterocycles. The molecule has 0 aromatic carbocycles. The molecular formula is C4H6O6S. The van der Waals surface area contributed by atoms with Gasteiger partial charge in [-0.1, -0.05) is 6.08 Å². The summed E-state index contributed by atoms with van der Waals surface area (Å²) in [6.45, 7) is 3.11. The first-order chi connectivity index (χ1) is 4.98. The third-order valence-electron chi connectivity index (χ3n) is 0.531. The van der Waals surface area contributed by atoms with Gasteiger partial charge in [-0.25, -0.2) is 9.68 Å². The molecule has 0 atom stereocenters. The van der Waals surface area contributed by atoms with E-state index < -0.39 is 22.0 Å². The van der Waals surface area contributed by atoms with E-state index in [4.69, 9.17) is 5.11 Å². The summed E-state index contributed by atoms with van der Waals surface area (Å²) >= 11 is 0. The van der Waals surface area contributed by atoms with Gasteiger partial charge in [0.05, 0.1) is 5.75 Å². The minimum absolute atomic E-state index is 0.500. The van der Waals surface area contributed by atoms with Crippen molar-refractivity contribution < 1.29 is 27.5 Å². The molecular weight excluding hydrogens is 176 g/mol. The van der Waals surface area contributed by atoms with Gasteiger partial charge in [-0.2, -0.15) is 8.42 Å². The minimum atomic E-state index is -3.95. The van der Waals surface area contributed by atoms with Gasteiger partial charge < -0.3 is 5.11 Å². The molecule has 1 N–H and O–H groups in total. The Bertz CT molecular complexity index is 239. The van der Waals surface area contributed by atoms with E-state index in [2.05, 4.69) is 15.8 Å². The van der Waals surface area contributed by atoms with Crippen molar-refractivity contribution in [1.82, 2.24) is 0 Å². The average Bonchev–Trinajstić information content (AvgIpc) is 1.84. The number of carbonyl (C=O) groups is 1. The first kappa shape index (κ1) is 9.92. The van der Waals surface area contributed by atoms with Crippen LogP contribution in [-0.4, -0.2) is 25.4 Å². The zero-order chi connectivity index (χ0) is 8.91. The highest BCUT2D eigenvalue weighted by atomic mass is 32.2. The molecule has 6 nitrogen and oxygen atoms in total. The summed E-state index contributed by atoms with van der Waals surface area (Å²) in [5.74, 6) is -0.500. The van der Waals surface area contributed by atoms with Crippen molar-refractivity contribution in [2.45, 2.75) is 0 Å². The molecule has 0 aliphatic heterocycles. The second kappa shape index (κ2) is 3.94. The van der Waals surface area contributed by atoms with Crippen molar-refractivity contribution in [3.8, 4) is 0 Å². The molecule has 0 fully saturated rings. The summed E-state index contributed by atoms with van der Waals surface area (Å²) < 4.78 is 24.4. The lowest BCUT2D eigenvalue weighted by Crippen LogP contribution is -2.12. The topological polar surface area (TPSA) is 89.9 Å². The van der Waals surface area contributed by atoms with E-state index in [0.717, 1.165) is 6.08 Å². The number of hydrogen-bond donors (Lipinski definition) is 1. The molecule has 0 bridgehead atoms. The fourth-order valence-corrected chi connectivity index (χ4v) is 0.759. The van der Waals surface area contributed by atoms with Gasteiger partial charge in [0, 0.05) is 0 Å². The number of hydrogen-bond acceptors (Lipinski definition) is 5. The van der Waals surface area contributed by atoms with Crippen LogP contribution < -0.4 is 0 Å². The van der Waals surface area contributed by atoms with E-state index in [1.54, 1.807) is 0 Å². The molecule has 0 aromatic rings.